The number of aromatic nitrogens is 1. The van der Waals surface area contributed by atoms with Gasteiger partial charge in [0.2, 0.25) is 5.52 Å². The molecule has 0 fully saturated rings. The molecule has 1 aliphatic rings. The minimum atomic E-state index is 0.0109. The predicted octanol–water partition coefficient (Wildman–Crippen LogP) is 5.27. The zero-order chi connectivity index (χ0) is 19.0. The lowest BCUT2D eigenvalue weighted by Gasteiger charge is -2.21. The number of ketones is 1. The Labute approximate surface area is 168 Å². The summed E-state index contributed by atoms with van der Waals surface area (Å²) in [5.74, 6) is 0.242. The van der Waals surface area contributed by atoms with Crippen LogP contribution in [-0.2, 0) is 4.79 Å². The first kappa shape index (κ1) is 18.1. The molecule has 0 bridgehead atoms. The van der Waals surface area contributed by atoms with Crippen LogP contribution in [0.2, 0.25) is 0 Å². The predicted molar refractivity (Wildman–Crippen MR) is 113 cm³/mol. The summed E-state index contributed by atoms with van der Waals surface area (Å²) in [7, 11) is 0. The minimum absolute atomic E-state index is 0.0109. The van der Waals surface area contributed by atoms with Crippen molar-refractivity contribution in [1.29, 1.82) is 0 Å². The number of carbonyl (C=O) groups is 1. The van der Waals surface area contributed by atoms with E-state index >= 15 is 0 Å². The molecule has 2 heterocycles. The SMILES string of the molecule is CC(C)C(=O)CN1/C(=C/c2cc[n+](Cl)c3ccccc23)Sc2ccccc21. The smallest absolute Gasteiger partial charge is 0.268 e. The number of rotatable bonds is 4. The quantitative estimate of drug-likeness (QED) is 0.601. The lowest BCUT2D eigenvalue weighted by Crippen LogP contribution is -2.28. The van der Waals surface area contributed by atoms with Crippen LogP contribution < -0.4 is 8.99 Å². The Hall–Kier alpha value is -2.30. The summed E-state index contributed by atoms with van der Waals surface area (Å²) in [6.07, 6.45) is 4.00. The summed E-state index contributed by atoms with van der Waals surface area (Å²) in [6.45, 7) is 4.28. The number of pyridine rings is 1. The molecule has 136 valence electrons. The number of anilines is 1. The van der Waals surface area contributed by atoms with Crippen molar-refractivity contribution in [1.82, 2.24) is 0 Å². The van der Waals surface area contributed by atoms with Gasteiger partial charge in [-0.1, -0.05) is 54.0 Å². The van der Waals surface area contributed by atoms with Crippen molar-refractivity contribution in [3.8, 4) is 0 Å². The standard InChI is InChI=1S/C22H20ClN2OS/c1-15(2)20(26)14-24-19-9-5-6-10-21(19)27-22(24)13-16-11-12-25(23)18-8-4-3-7-17(16)18/h3-13,15H,14H2,1-2H3/q+1. The molecule has 0 saturated carbocycles. The molecule has 0 atom stereocenters. The summed E-state index contributed by atoms with van der Waals surface area (Å²) in [5, 5.41) is 2.14. The van der Waals surface area contributed by atoms with E-state index in [1.54, 1.807) is 15.8 Å². The van der Waals surface area contributed by atoms with Crippen molar-refractivity contribution >= 4 is 52.0 Å². The molecule has 2 aromatic carbocycles. The van der Waals surface area contributed by atoms with Crippen molar-refractivity contribution in [3.05, 3.63) is 71.4 Å². The van der Waals surface area contributed by atoms with Crippen molar-refractivity contribution in [2.75, 3.05) is 11.4 Å². The fourth-order valence-electron chi connectivity index (χ4n) is 3.14. The van der Waals surface area contributed by atoms with E-state index in [-0.39, 0.29) is 11.7 Å². The molecule has 0 spiro atoms. The second kappa shape index (κ2) is 7.37. The van der Waals surface area contributed by atoms with Crippen LogP contribution in [0, 0.1) is 5.92 Å². The van der Waals surface area contributed by atoms with Gasteiger partial charge in [0.25, 0.3) is 11.8 Å². The zero-order valence-electron chi connectivity index (χ0n) is 15.2. The van der Waals surface area contributed by atoms with Gasteiger partial charge in [0.1, 0.15) is 0 Å². The second-order valence-electron chi connectivity index (χ2n) is 6.86. The molecular formula is C22H20ClN2OS+. The van der Waals surface area contributed by atoms with Crippen molar-refractivity contribution in [2.24, 2.45) is 5.92 Å². The van der Waals surface area contributed by atoms with E-state index in [9.17, 15) is 4.79 Å². The lowest BCUT2D eigenvalue weighted by molar-refractivity contribution is -0.488. The highest BCUT2D eigenvalue weighted by atomic mass is 35.5. The fraction of sp³-hybridized carbons (Fsp3) is 0.182. The average molecular weight is 396 g/mol. The van der Waals surface area contributed by atoms with Gasteiger partial charge in [-0.05, 0) is 29.8 Å². The number of hydrogen-bond donors (Lipinski definition) is 0. The molecule has 1 aromatic heterocycles. The van der Waals surface area contributed by atoms with Crippen LogP contribution in [-0.4, -0.2) is 12.3 Å². The third-order valence-electron chi connectivity index (χ3n) is 4.70. The molecule has 4 rings (SSSR count). The molecule has 0 amide bonds. The maximum atomic E-state index is 12.5. The molecule has 0 radical (unpaired) electrons. The molecule has 1 aliphatic heterocycles. The number of hydrogen-bond acceptors (Lipinski definition) is 3. The summed E-state index contributed by atoms with van der Waals surface area (Å²) < 4.78 is 1.61. The van der Waals surface area contributed by atoms with Crippen LogP contribution in [0.4, 0.5) is 5.69 Å². The first-order valence-electron chi connectivity index (χ1n) is 8.93. The summed E-state index contributed by atoms with van der Waals surface area (Å²) in [4.78, 5) is 15.8. The number of para-hydroxylation sites is 2. The van der Waals surface area contributed by atoms with Crippen LogP contribution >= 0.6 is 23.5 Å². The summed E-state index contributed by atoms with van der Waals surface area (Å²) in [6, 6.07) is 18.3. The average Bonchev–Trinajstić information content (AvgIpc) is 3.01. The van der Waals surface area contributed by atoms with Crippen LogP contribution in [0.3, 0.4) is 0 Å². The number of fused-ring (bicyclic) bond motifs is 2. The molecular weight excluding hydrogens is 376 g/mol. The summed E-state index contributed by atoms with van der Waals surface area (Å²) >= 11 is 7.99. The molecule has 0 unspecified atom stereocenters. The molecule has 0 N–H and O–H groups in total. The number of halogens is 1. The zero-order valence-corrected chi connectivity index (χ0v) is 16.8. The van der Waals surface area contributed by atoms with E-state index in [1.807, 2.05) is 56.4 Å². The van der Waals surface area contributed by atoms with Crippen LogP contribution in [0.15, 0.2) is 70.7 Å². The minimum Gasteiger partial charge on any atom is -0.327 e. The highest BCUT2D eigenvalue weighted by Gasteiger charge is 2.27. The van der Waals surface area contributed by atoms with Gasteiger partial charge >= 0.3 is 0 Å². The van der Waals surface area contributed by atoms with Crippen molar-refractivity contribution in [3.63, 3.8) is 0 Å². The molecule has 27 heavy (non-hydrogen) atoms. The molecule has 5 heteroatoms. The van der Waals surface area contributed by atoms with Gasteiger partial charge in [-0.15, -0.1) is 0 Å². The first-order valence-corrected chi connectivity index (χ1v) is 10.1. The van der Waals surface area contributed by atoms with Gasteiger partial charge in [-0.25, -0.2) is 0 Å². The monoisotopic (exact) mass is 395 g/mol. The molecule has 3 aromatic rings. The molecule has 3 nitrogen and oxygen atoms in total. The van der Waals surface area contributed by atoms with Crippen LogP contribution in [0.5, 0.6) is 0 Å². The third-order valence-corrected chi connectivity index (χ3v) is 6.11. The van der Waals surface area contributed by atoms with Crippen molar-refractivity contribution in [2.45, 2.75) is 18.7 Å². The fourth-order valence-corrected chi connectivity index (χ4v) is 4.46. The number of benzene rings is 2. The highest BCUT2D eigenvalue weighted by Crippen LogP contribution is 2.46. The number of carbonyl (C=O) groups excluding carboxylic acids is 1. The van der Waals surface area contributed by atoms with Gasteiger partial charge < -0.3 is 4.90 Å². The van der Waals surface area contributed by atoms with E-state index in [2.05, 4.69) is 29.2 Å². The maximum Gasteiger partial charge on any atom is 0.268 e. The van der Waals surface area contributed by atoms with Gasteiger partial charge in [-0.3, -0.25) is 4.79 Å². The van der Waals surface area contributed by atoms with Gasteiger partial charge in [0.05, 0.1) is 22.6 Å². The van der Waals surface area contributed by atoms with E-state index < -0.39 is 0 Å². The van der Waals surface area contributed by atoms with E-state index in [0.29, 0.717) is 6.54 Å². The Morgan fingerprint density at radius 1 is 1.15 bits per heavy atom. The lowest BCUT2D eigenvalue weighted by atomic mass is 10.1. The number of Topliss-reactive ketones (excluding diaryl/α,β-unsaturated/α-hetero) is 1. The van der Waals surface area contributed by atoms with Crippen molar-refractivity contribution < 1.29 is 8.88 Å². The Morgan fingerprint density at radius 2 is 1.89 bits per heavy atom. The van der Waals surface area contributed by atoms with E-state index in [4.69, 9.17) is 11.8 Å². The molecule has 0 saturated heterocycles. The Balaban J connectivity index is 1.80. The molecule has 0 aliphatic carbocycles. The summed E-state index contributed by atoms with van der Waals surface area (Å²) in [5.41, 5.74) is 3.13. The topological polar surface area (TPSA) is 24.2 Å². The highest BCUT2D eigenvalue weighted by molar-refractivity contribution is 8.03. The Kier molecular flexibility index (Phi) is 4.94. The Bertz CT molecular complexity index is 1060. The van der Waals surface area contributed by atoms with Crippen LogP contribution in [0.25, 0.3) is 17.0 Å². The van der Waals surface area contributed by atoms with Gasteiger partial charge in [0, 0.05) is 22.9 Å². The van der Waals surface area contributed by atoms with Crippen LogP contribution in [0.1, 0.15) is 19.4 Å². The van der Waals surface area contributed by atoms with E-state index in [0.717, 1.165) is 27.2 Å². The number of thioether (sulfide) groups is 1. The largest absolute Gasteiger partial charge is 0.327 e. The third kappa shape index (κ3) is 3.47. The normalized spacial score (nSPS) is 15.0. The first-order chi connectivity index (χ1) is 13.0. The van der Waals surface area contributed by atoms with Gasteiger partial charge in [0.15, 0.2) is 12.0 Å². The second-order valence-corrected chi connectivity index (χ2v) is 8.29. The van der Waals surface area contributed by atoms with E-state index in [1.165, 1.54) is 4.90 Å². The van der Waals surface area contributed by atoms with Gasteiger partial charge in [-0.2, -0.15) is 0 Å². The Morgan fingerprint density at radius 3 is 2.70 bits per heavy atom. The maximum absolute atomic E-state index is 12.5. The number of nitrogens with zero attached hydrogens (tertiary/aromatic N) is 2.